The van der Waals surface area contributed by atoms with Gasteiger partial charge in [0.05, 0.1) is 17.6 Å². The number of nitrogens with zero attached hydrogens (tertiary/aromatic N) is 2. The molecule has 2 amide bonds. The number of carbonyl (C=O) groups is 2. The van der Waals surface area contributed by atoms with Crippen LogP contribution in [0.2, 0.25) is 5.02 Å². The number of nitrogens with one attached hydrogen (secondary N) is 2. The SMILES string of the molecule is COc1ccc(Nc2ncnc3ccc(-c4cccc(C(=O)NC(=O)C(C)(C)C)c4)cc23)cc1Cl. The molecule has 1 aromatic heterocycles. The Labute approximate surface area is 208 Å². The van der Waals surface area contributed by atoms with Crippen molar-refractivity contribution in [1.29, 1.82) is 0 Å². The second kappa shape index (κ2) is 9.72. The maximum Gasteiger partial charge on any atom is 0.257 e. The molecule has 0 fully saturated rings. The minimum absolute atomic E-state index is 0.329. The lowest BCUT2D eigenvalue weighted by Gasteiger charge is -2.17. The molecule has 8 heteroatoms. The number of carbonyl (C=O) groups excluding carboxylic acids is 2. The van der Waals surface area contributed by atoms with E-state index in [1.807, 2.05) is 30.3 Å². The fraction of sp³-hybridized carbons (Fsp3) is 0.185. The second-order valence-electron chi connectivity index (χ2n) is 9.04. The molecule has 0 saturated heterocycles. The van der Waals surface area contributed by atoms with Crippen LogP contribution >= 0.6 is 11.6 Å². The van der Waals surface area contributed by atoms with Gasteiger partial charge in [-0.25, -0.2) is 9.97 Å². The van der Waals surface area contributed by atoms with Crippen LogP contribution in [0.15, 0.2) is 67.0 Å². The van der Waals surface area contributed by atoms with Crippen molar-refractivity contribution in [2.45, 2.75) is 20.8 Å². The Bertz CT molecular complexity index is 1430. The number of imide groups is 1. The molecule has 35 heavy (non-hydrogen) atoms. The lowest BCUT2D eigenvalue weighted by Crippen LogP contribution is -2.38. The molecule has 0 radical (unpaired) electrons. The molecular formula is C27H25ClN4O3. The van der Waals surface area contributed by atoms with Gasteiger partial charge in [0.1, 0.15) is 17.9 Å². The number of anilines is 2. The molecule has 1 heterocycles. The number of amides is 2. The number of ether oxygens (including phenoxy) is 1. The van der Waals surface area contributed by atoms with Gasteiger partial charge in [0.25, 0.3) is 5.91 Å². The second-order valence-corrected chi connectivity index (χ2v) is 9.45. The van der Waals surface area contributed by atoms with Gasteiger partial charge < -0.3 is 10.1 Å². The average molecular weight is 489 g/mol. The molecule has 0 aliphatic carbocycles. The van der Waals surface area contributed by atoms with Crippen LogP contribution < -0.4 is 15.4 Å². The zero-order valence-corrected chi connectivity index (χ0v) is 20.6. The van der Waals surface area contributed by atoms with Crippen LogP contribution in [0.1, 0.15) is 31.1 Å². The topological polar surface area (TPSA) is 93.2 Å². The normalized spacial score (nSPS) is 11.2. The molecule has 7 nitrogen and oxygen atoms in total. The number of fused-ring (bicyclic) bond motifs is 1. The first-order valence-corrected chi connectivity index (χ1v) is 11.3. The quantitative estimate of drug-likeness (QED) is 0.357. The summed E-state index contributed by atoms with van der Waals surface area (Å²) in [5.41, 5.74) is 2.95. The maximum atomic E-state index is 12.6. The third-order valence-electron chi connectivity index (χ3n) is 5.42. The number of benzene rings is 3. The molecule has 0 bridgehead atoms. The highest BCUT2D eigenvalue weighted by Gasteiger charge is 2.23. The Morgan fingerprint density at radius 2 is 1.71 bits per heavy atom. The Morgan fingerprint density at radius 1 is 0.943 bits per heavy atom. The predicted molar refractivity (Wildman–Crippen MR) is 138 cm³/mol. The highest BCUT2D eigenvalue weighted by Crippen LogP contribution is 2.32. The van der Waals surface area contributed by atoms with Crippen LogP contribution in [0.5, 0.6) is 5.75 Å². The van der Waals surface area contributed by atoms with Crippen LogP contribution in [0.4, 0.5) is 11.5 Å². The number of methoxy groups -OCH3 is 1. The minimum Gasteiger partial charge on any atom is -0.495 e. The lowest BCUT2D eigenvalue weighted by molar-refractivity contribution is -0.127. The van der Waals surface area contributed by atoms with Crippen LogP contribution in [0.25, 0.3) is 22.0 Å². The Hall–Kier alpha value is -3.97. The van der Waals surface area contributed by atoms with Crippen molar-refractivity contribution in [3.63, 3.8) is 0 Å². The average Bonchev–Trinajstić information content (AvgIpc) is 2.83. The molecule has 0 spiro atoms. The molecule has 4 aromatic rings. The molecule has 0 aliphatic heterocycles. The van der Waals surface area contributed by atoms with Crippen LogP contribution in [0.3, 0.4) is 0 Å². The predicted octanol–water partition coefficient (Wildman–Crippen LogP) is 6.00. The number of hydrogen-bond donors (Lipinski definition) is 2. The fourth-order valence-corrected chi connectivity index (χ4v) is 3.68. The van der Waals surface area contributed by atoms with Crippen molar-refractivity contribution in [3.8, 4) is 16.9 Å². The lowest BCUT2D eigenvalue weighted by atomic mass is 9.95. The summed E-state index contributed by atoms with van der Waals surface area (Å²) in [5.74, 6) is 0.433. The van der Waals surface area contributed by atoms with E-state index in [1.54, 1.807) is 58.2 Å². The van der Waals surface area contributed by atoms with E-state index in [0.717, 1.165) is 27.7 Å². The van der Waals surface area contributed by atoms with E-state index in [9.17, 15) is 9.59 Å². The summed E-state index contributed by atoms with van der Waals surface area (Å²) in [6.07, 6.45) is 1.49. The third-order valence-corrected chi connectivity index (χ3v) is 5.71. The number of halogens is 1. The Balaban J connectivity index is 1.66. The summed E-state index contributed by atoms with van der Waals surface area (Å²) in [6.45, 7) is 5.28. The molecule has 4 rings (SSSR count). The van der Waals surface area contributed by atoms with Crippen molar-refractivity contribution >= 4 is 45.8 Å². The van der Waals surface area contributed by atoms with E-state index in [4.69, 9.17) is 16.3 Å². The van der Waals surface area contributed by atoms with E-state index >= 15 is 0 Å². The first-order valence-electron chi connectivity index (χ1n) is 11.0. The van der Waals surface area contributed by atoms with Gasteiger partial charge in [-0.05, 0) is 53.6 Å². The van der Waals surface area contributed by atoms with Gasteiger partial charge in [0.15, 0.2) is 0 Å². The van der Waals surface area contributed by atoms with Gasteiger partial charge in [-0.15, -0.1) is 0 Å². The number of rotatable bonds is 5. The first kappa shape index (κ1) is 24.2. The van der Waals surface area contributed by atoms with Gasteiger partial charge in [0.2, 0.25) is 5.91 Å². The maximum absolute atomic E-state index is 12.6. The van der Waals surface area contributed by atoms with Crippen LogP contribution in [-0.4, -0.2) is 28.9 Å². The van der Waals surface area contributed by atoms with E-state index in [-0.39, 0.29) is 5.91 Å². The standard InChI is InChI=1S/C27H25ClN4O3/c1-27(2,3)26(34)32-25(33)18-7-5-6-16(12-18)17-8-10-22-20(13-17)24(30-15-29-22)31-19-9-11-23(35-4)21(28)14-19/h5-15H,1-4H3,(H,29,30,31)(H,32,33,34). The smallest absolute Gasteiger partial charge is 0.257 e. The van der Waals surface area contributed by atoms with E-state index in [0.29, 0.717) is 22.2 Å². The number of aromatic nitrogens is 2. The summed E-state index contributed by atoms with van der Waals surface area (Å²) in [4.78, 5) is 33.7. The minimum atomic E-state index is -0.664. The van der Waals surface area contributed by atoms with E-state index in [1.165, 1.54) is 6.33 Å². The third kappa shape index (κ3) is 5.41. The zero-order chi connectivity index (χ0) is 25.2. The Kier molecular flexibility index (Phi) is 6.71. The monoisotopic (exact) mass is 488 g/mol. The summed E-state index contributed by atoms with van der Waals surface area (Å²) < 4.78 is 5.22. The highest BCUT2D eigenvalue weighted by molar-refractivity contribution is 6.32. The van der Waals surface area contributed by atoms with Gasteiger partial charge in [0, 0.05) is 22.1 Å². The van der Waals surface area contributed by atoms with Crippen molar-refractivity contribution in [2.24, 2.45) is 5.41 Å². The summed E-state index contributed by atoms with van der Waals surface area (Å²) in [6, 6.07) is 18.3. The molecule has 0 saturated carbocycles. The molecular weight excluding hydrogens is 464 g/mol. The van der Waals surface area contributed by atoms with Crippen molar-refractivity contribution in [1.82, 2.24) is 15.3 Å². The van der Waals surface area contributed by atoms with Crippen molar-refractivity contribution in [3.05, 3.63) is 77.6 Å². The van der Waals surface area contributed by atoms with Crippen molar-refractivity contribution < 1.29 is 14.3 Å². The van der Waals surface area contributed by atoms with Gasteiger partial charge >= 0.3 is 0 Å². The van der Waals surface area contributed by atoms with Crippen LogP contribution in [0, 0.1) is 5.41 Å². The zero-order valence-electron chi connectivity index (χ0n) is 19.8. The molecule has 0 aliphatic rings. The molecule has 0 atom stereocenters. The van der Waals surface area contributed by atoms with Gasteiger partial charge in [-0.2, -0.15) is 0 Å². The van der Waals surface area contributed by atoms with Crippen LogP contribution in [-0.2, 0) is 4.79 Å². The molecule has 2 N–H and O–H groups in total. The van der Waals surface area contributed by atoms with Gasteiger partial charge in [-0.1, -0.05) is 50.6 Å². The Morgan fingerprint density at radius 3 is 2.43 bits per heavy atom. The molecule has 178 valence electrons. The van der Waals surface area contributed by atoms with Crippen molar-refractivity contribution in [2.75, 3.05) is 12.4 Å². The first-order chi connectivity index (χ1) is 16.7. The summed E-state index contributed by atoms with van der Waals surface area (Å²) in [7, 11) is 1.56. The fourth-order valence-electron chi connectivity index (χ4n) is 3.42. The summed E-state index contributed by atoms with van der Waals surface area (Å²) >= 11 is 6.26. The van der Waals surface area contributed by atoms with E-state index in [2.05, 4.69) is 20.6 Å². The summed E-state index contributed by atoms with van der Waals surface area (Å²) in [5, 5.41) is 7.04. The number of hydrogen-bond acceptors (Lipinski definition) is 6. The van der Waals surface area contributed by atoms with Gasteiger partial charge in [-0.3, -0.25) is 14.9 Å². The van der Waals surface area contributed by atoms with E-state index < -0.39 is 11.3 Å². The largest absolute Gasteiger partial charge is 0.495 e. The molecule has 3 aromatic carbocycles. The highest BCUT2D eigenvalue weighted by atomic mass is 35.5. The molecule has 0 unspecified atom stereocenters.